The van der Waals surface area contributed by atoms with E-state index in [-0.39, 0.29) is 0 Å². The van der Waals surface area contributed by atoms with Crippen LogP contribution in [0, 0.1) is 11.8 Å². The molecule has 0 unspecified atom stereocenters. The largest absolute Gasteiger partial charge is 0.494 e. The Morgan fingerprint density at radius 3 is 1.80 bits per heavy atom. The molecule has 0 amide bonds. The van der Waals surface area contributed by atoms with Crippen molar-refractivity contribution in [2.24, 2.45) is 0 Å². The molecule has 184 valence electrons. The molecule has 0 radical (unpaired) electrons. The molecule has 0 bridgehead atoms. The Morgan fingerprint density at radius 1 is 0.600 bits per heavy atom. The first-order chi connectivity index (χ1) is 17.3. The molecule has 0 aliphatic heterocycles. The van der Waals surface area contributed by atoms with Gasteiger partial charge in [-0.15, -0.1) is 0 Å². The van der Waals surface area contributed by atoms with E-state index in [0.29, 0.717) is 0 Å². The second-order valence-electron chi connectivity index (χ2n) is 9.16. The van der Waals surface area contributed by atoms with Crippen molar-refractivity contribution >= 4 is 0 Å². The maximum absolute atomic E-state index is 5.91. The van der Waals surface area contributed by atoms with Gasteiger partial charge in [0.25, 0.3) is 0 Å². The molecule has 0 aliphatic rings. The summed E-state index contributed by atoms with van der Waals surface area (Å²) in [6.45, 7) is 3.07. The third kappa shape index (κ3) is 10.8. The van der Waals surface area contributed by atoms with Crippen molar-refractivity contribution in [3.05, 3.63) is 78.1 Å². The van der Waals surface area contributed by atoms with Crippen LogP contribution in [0.1, 0.15) is 95.1 Å². The van der Waals surface area contributed by atoms with E-state index < -0.39 is 0 Å². The quantitative estimate of drug-likeness (QED) is 0.165. The Balaban J connectivity index is 1.27. The van der Waals surface area contributed by atoms with E-state index in [4.69, 9.17) is 4.74 Å². The number of ether oxygens (including phenoxy) is 1. The Bertz CT molecular complexity index is 1000. The maximum Gasteiger partial charge on any atom is 0.119 e. The minimum atomic E-state index is 0.788. The molecule has 2 aromatic heterocycles. The molecule has 2 heterocycles. The summed E-state index contributed by atoms with van der Waals surface area (Å²) < 4.78 is 5.91. The molecule has 0 saturated heterocycles. The average Bonchev–Trinajstić information content (AvgIpc) is 2.91. The van der Waals surface area contributed by atoms with Crippen molar-refractivity contribution in [1.82, 2.24) is 9.97 Å². The highest BCUT2D eigenvalue weighted by Crippen LogP contribution is 2.15. The number of rotatable bonds is 15. The van der Waals surface area contributed by atoms with Gasteiger partial charge in [0.15, 0.2) is 0 Å². The minimum absolute atomic E-state index is 0.788. The summed E-state index contributed by atoms with van der Waals surface area (Å²) in [5.41, 5.74) is 3.57. The van der Waals surface area contributed by atoms with Gasteiger partial charge in [0.2, 0.25) is 0 Å². The summed E-state index contributed by atoms with van der Waals surface area (Å²) in [5.74, 6) is 7.30. The minimum Gasteiger partial charge on any atom is -0.494 e. The van der Waals surface area contributed by atoms with E-state index in [0.717, 1.165) is 41.3 Å². The second-order valence-corrected chi connectivity index (χ2v) is 9.16. The van der Waals surface area contributed by atoms with Crippen molar-refractivity contribution in [3.63, 3.8) is 0 Å². The first kappa shape index (κ1) is 26.5. The summed E-state index contributed by atoms with van der Waals surface area (Å²) in [7, 11) is 0. The monoisotopic (exact) mass is 468 g/mol. The molecule has 0 N–H and O–H groups in total. The van der Waals surface area contributed by atoms with Gasteiger partial charge in [-0.3, -0.25) is 9.97 Å². The van der Waals surface area contributed by atoms with E-state index in [1.807, 2.05) is 54.6 Å². The van der Waals surface area contributed by atoms with Crippen LogP contribution in [-0.4, -0.2) is 16.6 Å². The van der Waals surface area contributed by atoms with Gasteiger partial charge >= 0.3 is 0 Å². The molecule has 0 spiro atoms. The lowest BCUT2D eigenvalue weighted by atomic mass is 10.1. The average molecular weight is 469 g/mol. The lowest BCUT2D eigenvalue weighted by Crippen LogP contribution is -1.97. The highest BCUT2D eigenvalue weighted by atomic mass is 16.5. The SMILES string of the molecule is CCCCCCCCCCCCCCOc1ccc(C#Cc2ccc(-c3ccccn3)nc2)cc1. The normalized spacial score (nSPS) is 10.5. The summed E-state index contributed by atoms with van der Waals surface area (Å²) in [5, 5.41) is 0. The first-order valence-electron chi connectivity index (χ1n) is 13.5. The van der Waals surface area contributed by atoms with Crippen molar-refractivity contribution in [2.45, 2.75) is 84.0 Å². The van der Waals surface area contributed by atoms with Gasteiger partial charge < -0.3 is 4.74 Å². The molecule has 3 heteroatoms. The highest BCUT2D eigenvalue weighted by molar-refractivity contribution is 5.55. The number of hydrogen-bond donors (Lipinski definition) is 0. The Kier molecular flexibility index (Phi) is 12.5. The lowest BCUT2D eigenvalue weighted by Gasteiger charge is -2.06. The molecule has 0 saturated carbocycles. The van der Waals surface area contributed by atoms with Gasteiger partial charge in [-0.05, 0) is 55.0 Å². The van der Waals surface area contributed by atoms with Gasteiger partial charge in [-0.25, -0.2) is 0 Å². The highest BCUT2D eigenvalue weighted by Gasteiger charge is 1.99. The van der Waals surface area contributed by atoms with Crippen molar-refractivity contribution in [1.29, 1.82) is 0 Å². The zero-order valence-corrected chi connectivity index (χ0v) is 21.3. The van der Waals surface area contributed by atoms with Gasteiger partial charge in [-0.1, -0.05) is 95.5 Å². The fourth-order valence-corrected chi connectivity index (χ4v) is 4.05. The van der Waals surface area contributed by atoms with Crippen LogP contribution in [0.2, 0.25) is 0 Å². The Hall–Kier alpha value is -3.12. The van der Waals surface area contributed by atoms with Crippen LogP contribution in [0.15, 0.2) is 67.0 Å². The van der Waals surface area contributed by atoms with Gasteiger partial charge in [0.05, 0.1) is 18.0 Å². The first-order valence-corrected chi connectivity index (χ1v) is 13.5. The van der Waals surface area contributed by atoms with Crippen molar-refractivity contribution in [3.8, 4) is 29.0 Å². The van der Waals surface area contributed by atoms with Gasteiger partial charge in [-0.2, -0.15) is 0 Å². The fourth-order valence-electron chi connectivity index (χ4n) is 4.05. The molecular formula is C32H40N2O. The molecule has 3 rings (SSSR count). The van der Waals surface area contributed by atoms with E-state index >= 15 is 0 Å². The second kappa shape index (κ2) is 16.5. The Labute approximate surface area is 212 Å². The lowest BCUT2D eigenvalue weighted by molar-refractivity contribution is 0.304. The topological polar surface area (TPSA) is 35.0 Å². The number of benzene rings is 1. The number of nitrogens with zero attached hydrogens (tertiary/aromatic N) is 2. The number of unbranched alkanes of at least 4 members (excludes halogenated alkanes) is 11. The zero-order chi connectivity index (χ0) is 24.4. The third-order valence-corrected chi connectivity index (χ3v) is 6.16. The number of hydrogen-bond acceptors (Lipinski definition) is 3. The molecular weight excluding hydrogens is 428 g/mol. The predicted molar refractivity (Wildman–Crippen MR) is 146 cm³/mol. The summed E-state index contributed by atoms with van der Waals surface area (Å²) in [6, 6.07) is 17.8. The van der Waals surface area contributed by atoms with Gasteiger partial charge in [0, 0.05) is 23.5 Å². The molecule has 1 aromatic carbocycles. The van der Waals surface area contributed by atoms with Crippen LogP contribution in [0.3, 0.4) is 0 Å². The number of pyridine rings is 2. The molecule has 0 atom stereocenters. The van der Waals surface area contributed by atoms with Crippen molar-refractivity contribution < 1.29 is 4.74 Å². The van der Waals surface area contributed by atoms with Crippen LogP contribution in [0.4, 0.5) is 0 Å². The molecule has 35 heavy (non-hydrogen) atoms. The Morgan fingerprint density at radius 2 is 1.20 bits per heavy atom. The maximum atomic E-state index is 5.91. The molecule has 0 aliphatic carbocycles. The molecule has 0 fully saturated rings. The summed E-state index contributed by atoms with van der Waals surface area (Å²) in [4.78, 5) is 8.80. The smallest absolute Gasteiger partial charge is 0.119 e. The van der Waals surface area contributed by atoms with Crippen LogP contribution in [-0.2, 0) is 0 Å². The van der Waals surface area contributed by atoms with E-state index in [1.165, 1.54) is 70.6 Å². The zero-order valence-electron chi connectivity index (χ0n) is 21.3. The molecule has 3 aromatic rings. The van der Waals surface area contributed by atoms with E-state index in [9.17, 15) is 0 Å². The van der Waals surface area contributed by atoms with Crippen LogP contribution >= 0.6 is 0 Å². The summed E-state index contributed by atoms with van der Waals surface area (Å²) in [6.07, 6.45) is 19.9. The van der Waals surface area contributed by atoms with Crippen LogP contribution in [0.5, 0.6) is 5.75 Å². The van der Waals surface area contributed by atoms with Gasteiger partial charge in [0.1, 0.15) is 5.75 Å². The van der Waals surface area contributed by atoms with E-state index in [1.54, 1.807) is 12.4 Å². The van der Waals surface area contributed by atoms with E-state index in [2.05, 4.69) is 28.7 Å². The van der Waals surface area contributed by atoms with Crippen LogP contribution < -0.4 is 4.74 Å². The van der Waals surface area contributed by atoms with Crippen LogP contribution in [0.25, 0.3) is 11.4 Å². The predicted octanol–water partition coefficient (Wildman–Crippen LogP) is 8.62. The number of aromatic nitrogens is 2. The standard InChI is InChI=1S/C32H40N2O/c1-2-3-4-5-6-7-8-9-10-11-12-15-26-35-30-22-19-28(20-23-30)17-18-29-21-24-32(34-27-29)31-16-13-14-25-33-31/h13-14,16,19-25,27H,2-12,15,26H2,1H3. The summed E-state index contributed by atoms with van der Waals surface area (Å²) >= 11 is 0. The van der Waals surface area contributed by atoms with Crippen molar-refractivity contribution in [2.75, 3.05) is 6.61 Å². The third-order valence-electron chi connectivity index (χ3n) is 6.16. The molecule has 3 nitrogen and oxygen atoms in total. The fraction of sp³-hybridized carbons (Fsp3) is 0.438.